The Balaban J connectivity index is 1.76. The number of alkyl halides is 3. The number of rotatable bonds is 3. The Kier molecular flexibility index (Phi) is 4.53. The summed E-state index contributed by atoms with van der Waals surface area (Å²) in [5.41, 5.74) is -0.445. The van der Waals surface area contributed by atoms with Crippen LogP contribution < -0.4 is 0 Å². The highest BCUT2D eigenvalue weighted by Gasteiger charge is 2.51. The first-order chi connectivity index (χ1) is 14.2. The molecule has 152 valence electrons. The Morgan fingerprint density at radius 2 is 1.23 bits per heavy atom. The minimum atomic E-state index is -4.41. The number of carbonyl (C=O) groups excluding carboxylic acids is 1. The van der Waals surface area contributed by atoms with Crippen molar-refractivity contribution < 1.29 is 32.9 Å². The van der Waals surface area contributed by atoms with Gasteiger partial charge in [0.1, 0.15) is 0 Å². The van der Waals surface area contributed by atoms with E-state index in [0.717, 1.165) is 12.1 Å². The van der Waals surface area contributed by atoms with Crippen molar-refractivity contribution in [3.63, 3.8) is 0 Å². The molecule has 0 saturated heterocycles. The van der Waals surface area contributed by atoms with Gasteiger partial charge in [0.05, 0.1) is 5.56 Å². The topological polar surface area (TPSA) is 66.8 Å². The molecule has 0 amide bonds. The first-order valence-electron chi connectivity index (χ1n) is 8.93. The van der Waals surface area contributed by atoms with E-state index in [1.54, 1.807) is 54.6 Å². The van der Waals surface area contributed by atoms with Crippen molar-refractivity contribution in [3.8, 4) is 11.1 Å². The zero-order chi connectivity index (χ0) is 21.5. The zero-order valence-corrected chi connectivity index (χ0v) is 15.4. The summed E-state index contributed by atoms with van der Waals surface area (Å²) in [6.07, 6.45) is -4.41. The number of aliphatic hydroxyl groups excluding tert-OH is 2. The Morgan fingerprint density at radius 3 is 1.70 bits per heavy atom. The van der Waals surface area contributed by atoms with E-state index in [9.17, 15) is 28.2 Å². The lowest BCUT2D eigenvalue weighted by Crippen LogP contribution is -2.30. The second kappa shape index (κ2) is 6.95. The van der Waals surface area contributed by atoms with Crippen LogP contribution in [-0.4, -0.2) is 16.2 Å². The SMILES string of the molecule is O=C1OC(c2ccccc2)(c2ccc(-c3ccc(C(F)(F)F)cc3)cc2)C(O)=C1O. The molecule has 0 aromatic heterocycles. The predicted octanol–water partition coefficient (Wildman–Crippen LogP) is 5.50. The van der Waals surface area contributed by atoms with Crippen LogP contribution in [0.4, 0.5) is 13.2 Å². The third-order valence-electron chi connectivity index (χ3n) is 5.01. The molecule has 1 heterocycles. The van der Waals surface area contributed by atoms with Crippen LogP contribution in [0.5, 0.6) is 0 Å². The molecular formula is C23H15F3O4. The Labute approximate surface area is 169 Å². The molecule has 4 nitrogen and oxygen atoms in total. The maximum atomic E-state index is 12.8. The highest BCUT2D eigenvalue weighted by Crippen LogP contribution is 2.45. The van der Waals surface area contributed by atoms with Crippen molar-refractivity contribution >= 4 is 5.97 Å². The number of esters is 1. The normalized spacial score (nSPS) is 19.1. The molecule has 0 radical (unpaired) electrons. The van der Waals surface area contributed by atoms with Gasteiger partial charge in [0.2, 0.25) is 11.4 Å². The molecule has 1 aliphatic rings. The van der Waals surface area contributed by atoms with Gasteiger partial charge in [0.25, 0.3) is 0 Å². The van der Waals surface area contributed by atoms with Gasteiger partial charge in [-0.25, -0.2) is 4.79 Å². The fourth-order valence-corrected chi connectivity index (χ4v) is 3.48. The summed E-state index contributed by atoms with van der Waals surface area (Å²) >= 11 is 0. The van der Waals surface area contributed by atoms with Gasteiger partial charge >= 0.3 is 12.1 Å². The highest BCUT2D eigenvalue weighted by molar-refractivity contribution is 5.91. The molecule has 0 saturated carbocycles. The maximum absolute atomic E-state index is 12.8. The average molecular weight is 412 g/mol. The molecular weight excluding hydrogens is 397 g/mol. The molecule has 1 unspecified atom stereocenters. The Morgan fingerprint density at radius 1 is 0.733 bits per heavy atom. The van der Waals surface area contributed by atoms with E-state index in [4.69, 9.17) is 4.74 Å². The smallest absolute Gasteiger partial charge is 0.416 e. The highest BCUT2D eigenvalue weighted by atomic mass is 19.4. The van der Waals surface area contributed by atoms with E-state index in [1.165, 1.54) is 12.1 Å². The number of benzene rings is 3. The van der Waals surface area contributed by atoms with Crippen LogP contribution in [-0.2, 0) is 21.3 Å². The van der Waals surface area contributed by atoms with Gasteiger partial charge in [-0.2, -0.15) is 13.2 Å². The van der Waals surface area contributed by atoms with Crippen molar-refractivity contribution in [1.29, 1.82) is 0 Å². The standard InChI is InChI=1S/C23H15F3O4/c24-23(25,26)18-12-8-15(9-13-18)14-6-10-17(11-7-14)22(16-4-2-1-3-5-16)20(28)19(27)21(29)30-22/h1-13,27-28H. The third-order valence-corrected chi connectivity index (χ3v) is 5.01. The second-order valence-electron chi connectivity index (χ2n) is 6.79. The second-order valence-corrected chi connectivity index (χ2v) is 6.79. The van der Waals surface area contributed by atoms with Gasteiger partial charge < -0.3 is 14.9 Å². The molecule has 1 aliphatic heterocycles. The maximum Gasteiger partial charge on any atom is 0.416 e. The van der Waals surface area contributed by atoms with Crippen LogP contribution in [0, 0.1) is 0 Å². The van der Waals surface area contributed by atoms with Gasteiger partial charge in [-0.05, 0) is 23.3 Å². The molecule has 7 heteroatoms. The van der Waals surface area contributed by atoms with Crippen LogP contribution in [0.25, 0.3) is 11.1 Å². The van der Waals surface area contributed by atoms with E-state index in [-0.39, 0.29) is 0 Å². The first kappa shape index (κ1) is 19.6. The van der Waals surface area contributed by atoms with Crippen molar-refractivity contribution in [1.82, 2.24) is 0 Å². The van der Waals surface area contributed by atoms with Crippen LogP contribution >= 0.6 is 0 Å². The van der Waals surface area contributed by atoms with Gasteiger partial charge in [0.15, 0.2) is 5.76 Å². The van der Waals surface area contributed by atoms with Crippen LogP contribution in [0.15, 0.2) is 90.4 Å². The molecule has 4 rings (SSSR count). The lowest BCUT2D eigenvalue weighted by Gasteiger charge is -2.29. The first-order valence-corrected chi connectivity index (χ1v) is 8.93. The summed E-state index contributed by atoms with van der Waals surface area (Å²) in [6, 6.07) is 19.6. The summed E-state index contributed by atoms with van der Waals surface area (Å²) in [4.78, 5) is 12.0. The zero-order valence-electron chi connectivity index (χ0n) is 15.4. The van der Waals surface area contributed by atoms with Crippen molar-refractivity contribution in [2.45, 2.75) is 11.8 Å². The Bertz CT molecular complexity index is 1120. The molecule has 30 heavy (non-hydrogen) atoms. The third kappa shape index (κ3) is 3.08. The summed E-state index contributed by atoms with van der Waals surface area (Å²) in [7, 11) is 0. The van der Waals surface area contributed by atoms with Crippen molar-refractivity contribution in [2.24, 2.45) is 0 Å². The van der Waals surface area contributed by atoms with Crippen LogP contribution in [0.3, 0.4) is 0 Å². The Hall–Kier alpha value is -3.74. The van der Waals surface area contributed by atoms with Crippen molar-refractivity contribution in [2.75, 3.05) is 0 Å². The molecule has 3 aromatic carbocycles. The summed E-state index contributed by atoms with van der Waals surface area (Å²) < 4.78 is 43.7. The lowest BCUT2D eigenvalue weighted by molar-refractivity contribution is -0.148. The molecule has 0 bridgehead atoms. The van der Waals surface area contributed by atoms with Gasteiger partial charge in [-0.1, -0.05) is 66.7 Å². The number of carbonyl (C=O) groups is 1. The summed E-state index contributed by atoms with van der Waals surface area (Å²) in [6.45, 7) is 0. The summed E-state index contributed by atoms with van der Waals surface area (Å²) in [5.74, 6) is -2.55. The quantitative estimate of drug-likeness (QED) is 0.558. The van der Waals surface area contributed by atoms with E-state index in [2.05, 4.69) is 0 Å². The molecule has 0 fully saturated rings. The monoisotopic (exact) mass is 412 g/mol. The van der Waals surface area contributed by atoms with E-state index >= 15 is 0 Å². The van der Waals surface area contributed by atoms with E-state index in [0.29, 0.717) is 22.3 Å². The van der Waals surface area contributed by atoms with Gasteiger partial charge in [0, 0.05) is 11.1 Å². The predicted molar refractivity (Wildman–Crippen MR) is 102 cm³/mol. The number of hydrogen-bond donors (Lipinski definition) is 2. The average Bonchev–Trinajstić information content (AvgIpc) is 2.99. The number of hydrogen-bond acceptors (Lipinski definition) is 4. The fourth-order valence-electron chi connectivity index (χ4n) is 3.48. The molecule has 3 aromatic rings. The number of cyclic esters (lactones) is 1. The number of ether oxygens (including phenoxy) is 1. The largest absolute Gasteiger partial charge is 0.504 e. The van der Waals surface area contributed by atoms with Gasteiger partial charge in [-0.15, -0.1) is 0 Å². The molecule has 1 atom stereocenters. The van der Waals surface area contributed by atoms with E-state index in [1.807, 2.05) is 0 Å². The summed E-state index contributed by atoms with van der Waals surface area (Å²) in [5, 5.41) is 20.5. The van der Waals surface area contributed by atoms with Crippen molar-refractivity contribution in [3.05, 3.63) is 107 Å². The minimum Gasteiger partial charge on any atom is -0.504 e. The van der Waals surface area contributed by atoms with Crippen LogP contribution in [0.1, 0.15) is 16.7 Å². The molecule has 0 spiro atoms. The minimum absolute atomic E-state index is 0.374. The number of aliphatic hydroxyl groups is 2. The molecule has 0 aliphatic carbocycles. The van der Waals surface area contributed by atoms with Crippen LogP contribution in [0.2, 0.25) is 0 Å². The van der Waals surface area contributed by atoms with E-state index < -0.39 is 34.8 Å². The lowest BCUT2D eigenvalue weighted by atomic mass is 9.84. The molecule has 2 N–H and O–H groups in total. The van der Waals surface area contributed by atoms with Gasteiger partial charge in [-0.3, -0.25) is 0 Å². The fraction of sp³-hybridized carbons (Fsp3) is 0.0870. The number of halogens is 3.